The van der Waals surface area contributed by atoms with Crippen LogP contribution in [0.3, 0.4) is 0 Å². The predicted molar refractivity (Wildman–Crippen MR) is 173 cm³/mol. The van der Waals surface area contributed by atoms with Gasteiger partial charge < -0.3 is 28.6 Å². The molecule has 1 fully saturated rings. The first-order valence-electron chi connectivity index (χ1n) is 15.1. The maximum absolute atomic E-state index is 13.1. The average molecular weight is 609 g/mol. The minimum Gasteiger partial charge on any atom is -0.496 e. The molecule has 234 valence electrons. The van der Waals surface area contributed by atoms with Crippen molar-refractivity contribution in [3.05, 3.63) is 101 Å². The molecular formula is C37H40N2O6. The molecule has 2 unspecified atom stereocenters. The van der Waals surface area contributed by atoms with E-state index in [9.17, 15) is 10.1 Å². The Morgan fingerprint density at radius 1 is 0.933 bits per heavy atom. The summed E-state index contributed by atoms with van der Waals surface area (Å²) in [5.41, 5.74) is 2.92. The molecule has 2 atom stereocenters. The molecule has 5 rings (SSSR count). The molecule has 4 aromatic rings. The number of piperidine rings is 1. The first-order valence-corrected chi connectivity index (χ1v) is 15.1. The fourth-order valence-electron chi connectivity index (χ4n) is 5.75. The van der Waals surface area contributed by atoms with Crippen LogP contribution in [0.1, 0.15) is 55.4 Å². The number of hydrogen-bond donors (Lipinski definition) is 0. The van der Waals surface area contributed by atoms with Crippen LogP contribution in [-0.4, -0.2) is 50.0 Å². The van der Waals surface area contributed by atoms with Crippen molar-refractivity contribution in [2.45, 2.75) is 58.0 Å². The van der Waals surface area contributed by atoms with Gasteiger partial charge in [-0.15, -0.1) is 0 Å². The number of ether oxygens (including phenoxy) is 5. The molecular weight excluding hydrogens is 568 g/mol. The molecule has 8 heteroatoms. The lowest BCUT2D eigenvalue weighted by Gasteiger charge is -2.39. The summed E-state index contributed by atoms with van der Waals surface area (Å²) >= 11 is 0. The van der Waals surface area contributed by atoms with Gasteiger partial charge in [0.15, 0.2) is 0 Å². The Labute approximate surface area is 265 Å². The molecule has 0 aromatic heterocycles. The number of nitriles is 1. The first-order chi connectivity index (χ1) is 21.7. The maximum Gasteiger partial charge on any atom is 0.410 e. The highest BCUT2D eigenvalue weighted by Crippen LogP contribution is 2.38. The average Bonchev–Trinajstić information content (AvgIpc) is 3.05. The maximum atomic E-state index is 13.1. The molecule has 8 nitrogen and oxygen atoms in total. The fourth-order valence-corrected chi connectivity index (χ4v) is 5.75. The number of hydrogen-bond acceptors (Lipinski definition) is 7. The van der Waals surface area contributed by atoms with Gasteiger partial charge in [-0.1, -0.05) is 48.5 Å². The van der Waals surface area contributed by atoms with Crippen molar-refractivity contribution in [1.29, 1.82) is 5.26 Å². The summed E-state index contributed by atoms with van der Waals surface area (Å²) in [4.78, 5) is 14.8. The molecule has 45 heavy (non-hydrogen) atoms. The van der Waals surface area contributed by atoms with Crippen LogP contribution in [0.15, 0.2) is 78.9 Å². The number of rotatable bonds is 9. The van der Waals surface area contributed by atoms with E-state index in [0.717, 1.165) is 44.7 Å². The highest BCUT2D eigenvalue weighted by Gasteiger charge is 2.35. The highest BCUT2D eigenvalue weighted by molar-refractivity contribution is 5.94. The Hall–Kier alpha value is -4.74. The summed E-state index contributed by atoms with van der Waals surface area (Å²) in [5.74, 6) is 2.26. The molecule has 1 saturated heterocycles. The van der Waals surface area contributed by atoms with Crippen molar-refractivity contribution in [3.8, 4) is 23.3 Å². The van der Waals surface area contributed by atoms with Crippen molar-refractivity contribution < 1.29 is 28.5 Å². The fraction of sp³-hybridized carbons (Fsp3) is 0.351. The molecule has 0 radical (unpaired) electrons. The molecule has 1 amide bonds. The van der Waals surface area contributed by atoms with Crippen LogP contribution in [0, 0.1) is 11.3 Å². The van der Waals surface area contributed by atoms with Crippen molar-refractivity contribution in [3.63, 3.8) is 0 Å². The number of fused-ring (bicyclic) bond motifs is 1. The molecule has 0 N–H and O–H groups in total. The van der Waals surface area contributed by atoms with Gasteiger partial charge in [-0.25, -0.2) is 4.79 Å². The van der Waals surface area contributed by atoms with Gasteiger partial charge in [-0.2, -0.15) is 5.26 Å². The van der Waals surface area contributed by atoms with E-state index in [4.69, 9.17) is 23.7 Å². The van der Waals surface area contributed by atoms with Gasteiger partial charge >= 0.3 is 6.09 Å². The van der Waals surface area contributed by atoms with Crippen LogP contribution in [0.5, 0.6) is 17.2 Å². The summed E-state index contributed by atoms with van der Waals surface area (Å²) in [6, 6.07) is 27.5. The van der Waals surface area contributed by atoms with E-state index in [1.54, 1.807) is 25.2 Å². The number of amides is 1. The van der Waals surface area contributed by atoms with E-state index in [1.165, 1.54) is 0 Å². The number of likely N-dealkylation sites (tertiary alicyclic amines) is 1. The van der Waals surface area contributed by atoms with E-state index >= 15 is 0 Å². The van der Waals surface area contributed by atoms with E-state index in [0.29, 0.717) is 31.7 Å². The molecule has 1 heterocycles. The first kappa shape index (κ1) is 31.7. The topological polar surface area (TPSA) is 90.3 Å². The summed E-state index contributed by atoms with van der Waals surface area (Å²) in [7, 11) is 3.32. The second-order valence-corrected chi connectivity index (χ2v) is 12.2. The molecule has 4 aromatic carbocycles. The Kier molecular flexibility index (Phi) is 9.80. The van der Waals surface area contributed by atoms with Gasteiger partial charge in [-0.05, 0) is 68.7 Å². The molecule has 0 bridgehead atoms. The monoisotopic (exact) mass is 608 g/mol. The summed E-state index contributed by atoms with van der Waals surface area (Å²) in [6.07, 6.45) is 0.0705. The normalized spacial score (nSPS) is 16.6. The molecule has 0 saturated carbocycles. The third kappa shape index (κ3) is 7.68. The van der Waals surface area contributed by atoms with Crippen LogP contribution in [-0.2, 0) is 22.7 Å². The van der Waals surface area contributed by atoms with Gasteiger partial charge in [-0.3, -0.25) is 0 Å². The largest absolute Gasteiger partial charge is 0.496 e. The second kappa shape index (κ2) is 13.9. The minimum absolute atomic E-state index is 0.0402. The van der Waals surface area contributed by atoms with Crippen molar-refractivity contribution >= 4 is 16.9 Å². The Bertz CT molecular complexity index is 1670. The summed E-state index contributed by atoms with van der Waals surface area (Å²) < 4.78 is 29.9. The number of carbonyl (C=O) groups excluding carboxylic acids is 1. The van der Waals surface area contributed by atoms with Crippen molar-refractivity contribution in [2.75, 3.05) is 27.3 Å². The van der Waals surface area contributed by atoms with Crippen molar-refractivity contribution in [1.82, 2.24) is 4.90 Å². The molecule has 0 aliphatic carbocycles. The zero-order valence-electron chi connectivity index (χ0n) is 26.5. The van der Waals surface area contributed by atoms with E-state index < -0.39 is 5.60 Å². The van der Waals surface area contributed by atoms with Crippen LogP contribution in [0.25, 0.3) is 10.8 Å². The Morgan fingerprint density at radius 2 is 1.69 bits per heavy atom. The van der Waals surface area contributed by atoms with Gasteiger partial charge in [0.05, 0.1) is 45.1 Å². The van der Waals surface area contributed by atoms with Gasteiger partial charge in [0.25, 0.3) is 0 Å². The van der Waals surface area contributed by atoms with E-state index in [-0.39, 0.29) is 24.7 Å². The van der Waals surface area contributed by atoms with Gasteiger partial charge in [0.2, 0.25) is 0 Å². The van der Waals surface area contributed by atoms with Crippen LogP contribution >= 0.6 is 0 Å². The SMILES string of the molecule is COc1cc(COC2CN(C(=O)OC(C)(C)C)CCC2c2ccc(OCc3cccc(C#N)c3)cc2)c(OC)c2ccccc12. The smallest absolute Gasteiger partial charge is 0.410 e. The van der Waals surface area contributed by atoms with Gasteiger partial charge in [0.1, 0.15) is 29.5 Å². The third-order valence-electron chi connectivity index (χ3n) is 7.89. The molecule has 0 spiro atoms. The Balaban J connectivity index is 1.36. The zero-order chi connectivity index (χ0) is 32.0. The van der Waals surface area contributed by atoms with Crippen LogP contribution < -0.4 is 14.2 Å². The van der Waals surface area contributed by atoms with Crippen LogP contribution in [0.4, 0.5) is 4.79 Å². The summed E-state index contributed by atoms with van der Waals surface area (Å²) in [6.45, 7) is 7.20. The lowest BCUT2D eigenvalue weighted by molar-refractivity contribution is -0.0363. The van der Waals surface area contributed by atoms with Crippen LogP contribution in [0.2, 0.25) is 0 Å². The molecule has 1 aliphatic rings. The molecule has 1 aliphatic heterocycles. The van der Waals surface area contributed by atoms with Crippen molar-refractivity contribution in [2.24, 2.45) is 0 Å². The zero-order valence-corrected chi connectivity index (χ0v) is 26.5. The Morgan fingerprint density at radius 3 is 2.38 bits per heavy atom. The number of nitrogens with zero attached hydrogens (tertiary/aromatic N) is 2. The highest BCUT2D eigenvalue weighted by atomic mass is 16.6. The predicted octanol–water partition coefficient (Wildman–Crippen LogP) is 7.62. The standard InChI is InChI=1S/C37H40N2O6/c1-37(2,3)45-36(40)39-18-17-30(27-13-15-29(16-14-27)43-23-26-10-8-9-25(19-26)21-38)34(22-39)44-24-28-20-33(41-4)31-11-6-7-12-32(31)35(28)42-5/h6-16,19-20,30,34H,17-18,22-24H2,1-5H3. The number of methoxy groups -OCH3 is 2. The number of carbonyl (C=O) groups is 1. The van der Waals surface area contributed by atoms with E-state index in [1.807, 2.05) is 81.4 Å². The number of benzene rings is 4. The lowest BCUT2D eigenvalue weighted by Crippen LogP contribution is -2.48. The quantitative estimate of drug-likeness (QED) is 0.193. The van der Waals surface area contributed by atoms with E-state index in [2.05, 4.69) is 18.2 Å². The second-order valence-electron chi connectivity index (χ2n) is 12.2. The van der Waals surface area contributed by atoms with Gasteiger partial charge in [0, 0.05) is 28.8 Å². The summed E-state index contributed by atoms with van der Waals surface area (Å²) in [5, 5.41) is 11.1. The third-order valence-corrected chi connectivity index (χ3v) is 7.89. The minimum atomic E-state index is -0.592. The lowest BCUT2D eigenvalue weighted by atomic mass is 9.87.